The topological polar surface area (TPSA) is 127 Å². The second-order valence-corrected chi connectivity index (χ2v) is 2.05. The normalized spacial score (nSPS) is 9.38. The van der Waals surface area contributed by atoms with Crippen LogP contribution in [0.4, 0.5) is 0 Å². The van der Waals surface area contributed by atoms with Crippen LogP contribution in [0.25, 0.3) is 0 Å². The fraction of sp³-hybridized carbons (Fsp3) is 0. The lowest BCUT2D eigenvalue weighted by Crippen LogP contribution is -2.19. The van der Waals surface area contributed by atoms with E-state index in [2.05, 4.69) is 10.2 Å². The van der Waals surface area contributed by atoms with Crippen LogP contribution in [0.15, 0.2) is 6.07 Å². The van der Waals surface area contributed by atoms with Gasteiger partial charge in [0.2, 0.25) is 0 Å². The summed E-state index contributed by atoms with van der Waals surface area (Å²) in [6.07, 6.45) is 0. The summed E-state index contributed by atoms with van der Waals surface area (Å²) in [7, 11) is 0. The zero-order chi connectivity index (χ0) is 9.84. The summed E-state index contributed by atoms with van der Waals surface area (Å²) in [6.45, 7) is 0. The van der Waals surface area contributed by atoms with Gasteiger partial charge >= 0.3 is 0 Å². The third-order valence-corrected chi connectivity index (χ3v) is 1.26. The Balaban J connectivity index is 2.86. The molecular weight excluding hydrogens is 180 g/mol. The number of nitrogens with zero attached hydrogens (tertiary/aromatic N) is 1. The molecule has 0 saturated carbocycles. The number of H-pyrrole nitrogens is 1. The van der Waals surface area contributed by atoms with Crippen LogP contribution in [-0.2, 0) is 0 Å². The van der Waals surface area contributed by atoms with Crippen molar-refractivity contribution in [2.45, 2.75) is 0 Å². The maximum absolute atomic E-state index is 10.7. The van der Waals surface area contributed by atoms with Gasteiger partial charge in [-0.25, -0.2) is 11.0 Å². The molecule has 0 atom stereocenters. The molecule has 8 heteroatoms. The van der Waals surface area contributed by atoms with Crippen molar-refractivity contribution in [2.75, 3.05) is 0 Å². The fourth-order valence-electron chi connectivity index (χ4n) is 0.672. The molecule has 0 aliphatic carbocycles. The van der Waals surface area contributed by atoms with E-state index in [1.165, 1.54) is 11.0 Å². The molecule has 5 N–H and O–H groups in total. The van der Waals surface area contributed by atoms with E-state index >= 15 is 0 Å². The van der Waals surface area contributed by atoms with Gasteiger partial charge in [-0.2, -0.15) is 5.10 Å². The third-order valence-electron chi connectivity index (χ3n) is 1.26. The molecule has 0 unspecified atom stereocenters. The quantitative estimate of drug-likeness (QED) is 0.288. The standard InChI is InChI=1S/C5H6N4O4/c10-4(8-12)2-1-3(7-6-2)5(11)9-13/h1,12-13H,(H,6,7)(H,8,10)(H,9,11). The first kappa shape index (κ1) is 9.16. The summed E-state index contributed by atoms with van der Waals surface area (Å²) in [5.74, 6) is -1.68. The minimum atomic E-state index is -0.853. The molecule has 70 valence electrons. The van der Waals surface area contributed by atoms with E-state index in [4.69, 9.17) is 10.4 Å². The highest BCUT2D eigenvalue weighted by molar-refractivity contribution is 5.96. The van der Waals surface area contributed by atoms with Crippen LogP contribution < -0.4 is 11.0 Å². The predicted octanol–water partition coefficient (Wildman–Crippen LogP) is -1.35. The van der Waals surface area contributed by atoms with Gasteiger partial charge in [-0.3, -0.25) is 25.1 Å². The van der Waals surface area contributed by atoms with E-state index in [1.807, 2.05) is 0 Å². The number of hydrogen-bond donors (Lipinski definition) is 5. The number of aromatic amines is 1. The van der Waals surface area contributed by atoms with Crippen LogP contribution in [0, 0.1) is 0 Å². The molecule has 0 fully saturated rings. The summed E-state index contributed by atoms with van der Waals surface area (Å²) >= 11 is 0. The summed E-state index contributed by atoms with van der Waals surface area (Å²) < 4.78 is 0. The van der Waals surface area contributed by atoms with Gasteiger partial charge in [0.15, 0.2) is 5.69 Å². The lowest BCUT2D eigenvalue weighted by atomic mass is 10.3. The smallest absolute Gasteiger partial charge is 0.288 e. The maximum Gasteiger partial charge on any atom is 0.295 e. The monoisotopic (exact) mass is 186 g/mol. The molecule has 0 aliphatic heterocycles. The number of carbonyl (C=O) groups is 2. The highest BCUT2D eigenvalue weighted by atomic mass is 16.5. The molecule has 1 aromatic rings. The second-order valence-electron chi connectivity index (χ2n) is 2.05. The van der Waals surface area contributed by atoms with Crippen LogP contribution in [0.5, 0.6) is 0 Å². The van der Waals surface area contributed by atoms with E-state index < -0.39 is 11.8 Å². The minimum Gasteiger partial charge on any atom is -0.288 e. The van der Waals surface area contributed by atoms with Gasteiger partial charge in [0.05, 0.1) is 0 Å². The van der Waals surface area contributed by atoms with Gasteiger partial charge in [-0.15, -0.1) is 0 Å². The molecule has 0 radical (unpaired) electrons. The lowest BCUT2D eigenvalue weighted by molar-refractivity contribution is 0.0699. The first-order valence-corrected chi connectivity index (χ1v) is 3.13. The Morgan fingerprint density at radius 1 is 1.31 bits per heavy atom. The molecular formula is C5H6N4O4. The number of hydrogen-bond acceptors (Lipinski definition) is 5. The van der Waals surface area contributed by atoms with Crippen LogP contribution in [0.1, 0.15) is 21.0 Å². The molecule has 13 heavy (non-hydrogen) atoms. The summed E-state index contributed by atoms with van der Waals surface area (Å²) in [5, 5.41) is 22.0. The number of hydroxylamine groups is 2. The molecule has 0 aromatic carbocycles. The molecule has 0 spiro atoms. The van der Waals surface area contributed by atoms with Crippen molar-refractivity contribution in [2.24, 2.45) is 0 Å². The van der Waals surface area contributed by atoms with Crippen molar-refractivity contribution in [1.29, 1.82) is 0 Å². The fourth-order valence-corrected chi connectivity index (χ4v) is 0.672. The third kappa shape index (κ3) is 1.80. The predicted molar refractivity (Wildman–Crippen MR) is 37.1 cm³/mol. The zero-order valence-electron chi connectivity index (χ0n) is 6.24. The molecule has 1 rings (SSSR count). The van der Waals surface area contributed by atoms with E-state index in [0.717, 1.165) is 6.07 Å². The van der Waals surface area contributed by atoms with Crippen LogP contribution in [0.2, 0.25) is 0 Å². The van der Waals surface area contributed by atoms with Crippen molar-refractivity contribution in [3.8, 4) is 0 Å². The Bertz CT molecular complexity index is 303. The Morgan fingerprint density at radius 3 is 2.46 bits per heavy atom. The maximum atomic E-state index is 10.7. The number of nitrogens with one attached hydrogen (secondary N) is 3. The SMILES string of the molecule is O=C(NO)c1cc(C(=O)NO)[nH]n1. The van der Waals surface area contributed by atoms with Crippen molar-refractivity contribution in [3.05, 3.63) is 17.5 Å². The first-order chi connectivity index (χ1) is 6.19. The van der Waals surface area contributed by atoms with E-state index in [-0.39, 0.29) is 11.4 Å². The Hall–Kier alpha value is -1.93. The van der Waals surface area contributed by atoms with Crippen LogP contribution in [0.3, 0.4) is 0 Å². The number of amides is 2. The number of carbonyl (C=O) groups excluding carboxylic acids is 2. The van der Waals surface area contributed by atoms with Gasteiger partial charge < -0.3 is 0 Å². The zero-order valence-corrected chi connectivity index (χ0v) is 6.24. The molecule has 0 aliphatic rings. The van der Waals surface area contributed by atoms with Crippen molar-refractivity contribution in [3.63, 3.8) is 0 Å². The second kappa shape index (κ2) is 3.65. The molecule has 0 bridgehead atoms. The molecule has 2 amide bonds. The highest BCUT2D eigenvalue weighted by Gasteiger charge is 2.13. The molecule has 0 saturated heterocycles. The minimum absolute atomic E-state index is 0.0962. The van der Waals surface area contributed by atoms with Crippen molar-refractivity contribution in [1.82, 2.24) is 21.2 Å². The summed E-state index contributed by atoms with van der Waals surface area (Å²) in [6, 6.07) is 1.07. The lowest BCUT2D eigenvalue weighted by Gasteiger charge is -1.90. The van der Waals surface area contributed by atoms with E-state index in [9.17, 15) is 9.59 Å². The van der Waals surface area contributed by atoms with Gasteiger partial charge in [0.1, 0.15) is 5.69 Å². The van der Waals surface area contributed by atoms with E-state index in [1.54, 1.807) is 0 Å². The van der Waals surface area contributed by atoms with Gasteiger partial charge in [-0.05, 0) is 0 Å². The van der Waals surface area contributed by atoms with Crippen LogP contribution >= 0.6 is 0 Å². The summed E-state index contributed by atoms with van der Waals surface area (Å²) in [4.78, 5) is 21.4. The van der Waals surface area contributed by atoms with Gasteiger partial charge in [0.25, 0.3) is 11.8 Å². The van der Waals surface area contributed by atoms with Crippen molar-refractivity contribution < 1.29 is 20.0 Å². The largest absolute Gasteiger partial charge is 0.295 e. The number of rotatable bonds is 2. The summed E-state index contributed by atoms with van der Waals surface area (Å²) in [5.41, 5.74) is 2.42. The first-order valence-electron chi connectivity index (χ1n) is 3.13. The highest BCUT2D eigenvalue weighted by Crippen LogP contribution is 1.98. The van der Waals surface area contributed by atoms with Crippen LogP contribution in [-0.4, -0.2) is 32.4 Å². The molecule has 1 aromatic heterocycles. The Morgan fingerprint density at radius 2 is 1.92 bits per heavy atom. The van der Waals surface area contributed by atoms with Gasteiger partial charge in [-0.1, -0.05) is 0 Å². The van der Waals surface area contributed by atoms with E-state index in [0.29, 0.717) is 0 Å². The Labute approximate surface area is 71.5 Å². The average Bonchev–Trinajstić information content (AvgIpc) is 2.64. The van der Waals surface area contributed by atoms with Gasteiger partial charge in [0, 0.05) is 6.07 Å². The molecule has 1 heterocycles. The number of aromatic nitrogens is 2. The average molecular weight is 186 g/mol. The molecule has 8 nitrogen and oxygen atoms in total. The van der Waals surface area contributed by atoms with Crippen molar-refractivity contribution >= 4 is 11.8 Å². The Kier molecular flexibility index (Phi) is 2.57.